The molecule has 0 amide bonds. The highest BCUT2D eigenvalue weighted by Crippen LogP contribution is 2.41. The van der Waals surface area contributed by atoms with Crippen molar-refractivity contribution in [3.8, 4) is 0 Å². The van der Waals surface area contributed by atoms with Crippen molar-refractivity contribution in [2.75, 3.05) is 33.5 Å². The van der Waals surface area contributed by atoms with Gasteiger partial charge < -0.3 is 40.7 Å². The number of methoxy groups -OCH3 is 1. The van der Waals surface area contributed by atoms with Crippen LogP contribution >= 0.6 is 11.6 Å². The van der Waals surface area contributed by atoms with Crippen molar-refractivity contribution in [1.82, 2.24) is 24.7 Å². The number of hydrogen-bond donors (Lipinski definition) is 3. The van der Waals surface area contributed by atoms with Gasteiger partial charge in [-0.25, -0.2) is 29.1 Å². The van der Waals surface area contributed by atoms with Gasteiger partial charge in [-0.3, -0.25) is 0 Å². The molecule has 1 aliphatic heterocycles. The highest BCUT2D eigenvalue weighted by Gasteiger charge is 2.39. The Morgan fingerprint density at radius 2 is 1.69 bits per heavy atom. The molecule has 2 aromatic heterocycles. The Balaban J connectivity index is 0.000000275. The normalized spacial score (nSPS) is 14.7. The van der Waals surface area contributed by atoms with E-state index in [1.807, 2.05) is 0 Å². The molecule has 0 radical (unpaired) electrons. The highest BCUT2D eigenvalue weighted by atomic mass is 35.5. The van der Waals surface area contributed by atoms with E-state index in [0.717, 1.165) is 9.46 Å². The molecule has 2 atom stereocenters. The van der Waals surface area contributed by atoms with E-state index in [-0.39, 0.29) is 31.6 Å². The molecule has 1 aliphatic rings. The molecule has 0 saturated heterocycles. The summed E-state index contributed by atoms with van der Waals surface area (Å²) >= 11 is 6.42. The number of hydrogen-bond acceptors (Lipinski definition) is 14. The van der Waals surface area contributed by atoms with Crippen LogP contribution in [-0.2, 0) is 33.4 Å². The Morgan fingerprint density at radius 1 is 1.02 bits per heavy atom. The summed E-state index contributed by atoms with van der Waals surface area (Å²) in [6, 6.07) is 6.12. The molecule has 0 fully saturated rings. The van der Waals surface area contributed by atoms with Gasteiger partial charge in [-0.2, -0.15) is 9.46 Å². The van der Waals surface area contributed by atoms with Crippen molar-refractivity contribution in [3.63, 3.8) is 0 Å². The number of carbonyl (C=O) groups is 4. The van der Waals surface area contributed by atoms with Crippen molar-refractivity contribution < 1.29 is 43.1 Å². The van der Waals surface area contributed by atoms with Crippen LogP contribution in [-0.4, -0.2) is 82.8 Å². The molecular formula is C31H38ClN7O9. The number of ether oxygens (including phenoxy) is 3. The fourth-order valence-electron chi connectivity index (χ4n) is 4.45. The van der Waals surface area contributed by atoms with Crippen molar-refractivity contribution >= 4 is 35.5 Å². The lowest BCUT2D eigenvalue weighted by Gasteiger charge is -2.31. The lowest BCUT2D eigenvalue weighted by Crippen LogP contribution is -2.38. The zero-order chi connectivity index (χ0) is 35.1. The van der Waals surface area contributed by atoms with Crippen LogP contribution in [0, 0.1) is 0 Å². The number of halogens is 1. The van der Waals surface area contributed by atoms with Crippen LogP contribution in [0.4, 0.5) is 0 Å². The molecule has 0 aliphatic carbocycles. The summed E-state index contributed by atoms with van der Waals surface area (Å²) in [5.41, 5.74) is 13.3. The summed E-state index contributed by atoms with van der Waals surface area (Å²) in [5.74, 6) is -3.04. The van der Waals surface area contributed by atoms with Gasteiger partial charge in [-0.1, -0.05) is 29.8 Å². The maximum absolute atomic E-state index is 12.9. The minimum Gasteiger partial charge on any atom is -0.466 e. The molecule has 3 heterocycles. The van der Waals surface area contributed by atoms with Gasteiger partial charge in [0.15, 0.2) is 0 Å². The predicted octanol–water partition coefficient (Wildman–Crippen LogP) is 1.06. The number of carbonyl (C=O) groups excluding carboxylic acids is 4. The maximum Gasteiger partial charge on any atom is 0.349 e. The van der Waals surface area contributed by atoms with Crippen molar-refractivity contribution in [3.05, 3.63) is 94.8 Å². The first kappa shape index (κ1) is 37.4. The van der Waals surface area contributed by atoms with Gasteiger partial charge >= 0.3 is 23.9 Å². The Labute approximate surface area is 281 Å². The molecule has 1 aromatic carbocycles. The van der Waals surface area contributed by atoms with Crippen LogP contribution in [0.2, 0.25) is 5.02 Å². The Hall–Kier alpha value is -5.03. The number of dihydropyridines is 1. The fraction of sp³-hybridized carbons (Fsp3) is 0.355. The highest BCUT2D eigenvalue weighted by molar-refractivity contribution is 6.31. The summed E-state index contributed by atoms with van der Waals surface area (Å²) in [5, 5.41) is 3.52. The van der Waals surface area contributed by atoms with E-state index >= 15 is 0 Å². The van der Waals surface area contributed by atoms with Gasteiger partial charge in [-0.15, -0.1) is 0 Å². The van der Waals surface area contributed by atoms with Gasteiger partial charge in [0, 0.05) is 29.7 Å². The number of allylic oxidation sites excluding steroid dienone is 1. The van der Waals surface area contributed by atoms with Crippen molar-refractivity contribution in [1.29, 1.82) is 0 Å². The number of nitrogens with two attached hydrogens (primary N) is 2. The Bertz CT molecular complexity index is 1590. The second kappa shape index (κ2) is 19.0. The monoisotopic (exact) mass is 687 g/mol. The van der Waals surface area contributed by atoms with E-state index in [4.69, 9.17) is 47.0 Å². The smallest absolute Gasteiger partial charge is 0.349 e. The number of imidazole rings is 2. The lowest BCUT2D eigenvalue weighted by atomic mass is 9.80. The van der Waals surface area contributed by atoms with E-state index in [9.17, 15) is 19.2 Å². The summed E-state index contributed by atoms with van der Waals surface area (Å²) in [6.45, 7) is 4.42. The second-order valence-electron chi connectivity index (χ2n) is 9.93. The van der Waals surface area contributed by atoms with Gasteiger partial charge in [0.25, 0.3) is 0 Å². The third-order valence-electron chi connectivity index (χ3n) is 6.60. The molecule has 0 saturated carbocycles. The molecule has 0 bridgehead atoms. The molecule has 258 valence electrons. The summed E-state index contributed by atoms with van der Waals surface area (Å²) in [4.78, 5) is 65.7. The van der Waals surface area contributed by atoms with Gasteiger partial charge in [0.2, 0.25) is 0 Å². The first-order valence-corrected chi connectivity index (χ1v) is 15.1. The van der Waals surface area contributed by atoms with Gasteiger partial charge in [-0.05, 0) is 31.9 Å². The molecule has 0 spiro atoms. The standard InChI is InChI=1S/C20H25ClN2O5.C11H13N5O4/c1-4-28-20(25)18-15(11-27-10-9-22)23-12(2)16(19(24)26-3)17(18)13-7-5-6-8-14(13)21;12-9(11(18)20-16-6-4-14-8-16)1-2-10(17)19-15-5-3-13-7-15/h5-8,17,23H,4,9-11,22H2,1-3H3;3-9H,1-2,12H2/t;9-/m.0/s1. The second-order valence-corrected chi connectivity index (χ2v) is 10.3. The van der Waals surface area contributed by atoms with E-state index in [1.165, 1.54) is 44.6 Å². The van der Waals surface area contributed by atoms with Crippen LogP contribution in [0.25, 0.3) is 0 Å². The quantitative estimate of drug-likeness (QED) is 0.160. The summed E-state index contributed by atoms with van der Waals surface area (Å²) < 4.78 is 18.1. The first-order valence-electron chi connectivity index (χ1n) is 14.7. The van der Waals surface area contributed by atoms with Crippen LogP contribution < -0.4 is 26.5 Å². The molecule has 17 heteroatoms. The van der Waals surface area contributed by atoms with E-state index in [1.54, 1.807) is 38.1 Å². The Kier molecular flexibility index (Phi) is 14.8. The number of benzene rings is 1. The summed E-state index contributed by atoms with van der Waals surface area (Å²) in [6.07, 6.45) is 8.62. The topological polar surface area (TPSA) is 214 Å². The van der Waals surface area contributed by atoms with Crippen LogP contribution in [0.1, 0.15) is 38.2 Å². The van der Waals surface area contributed by atoms with E-state index in [0.29, 0.717) is 40.7 Å². The Morgan fingerprint density at radius 3 is 2.27 bits per heavy atom. The van der Waals surface area contributed by atoms with Gasteiger partial charge in [0.1, 0.15) is 18.7 Å². The first-order chi connectivity index (χ1) is 23.1. The lowest BCUT2D eigenvalue weighted by molar-refractivity contribution is -0.147. The summed E-state index contributed by atoms with van der Waals surface area (Å²) in [7, 11) is 1.29. The van der Waals surface area contributed by atoms with E-state index in [2.05, 4.69) is 15.3 Å². The van der Waals surface area contributed by atoms with Crippen molar-refractivity contribution in [2.45, 2.75) is 38.6 Å². The van der Waals surface area contributed by atoms with Gasteiger partial charge in [0.05, 0.1) is 68.5 Å². The predicted molar refractivity (Wildman–Crippen MR) is 170 cm³/mol. The van der Waals surface area contributed by atoms with Crippen LogP contribution in [0.5, 0.6) is 0 Å². The minimum atomic E-state index is -0.923. The van der Waals surface area contributed by atoms with Crippen LogP contribution in [0.15, 0.2) is 84.2 Å². The molecular weight excluding hydrogens is 650 g/mol. The zero-order valence-electron chi connectivity index (χ0n) is 26.7. The SMILES string of the molecule is CCOC(=O)C1=C(COCCN)NC(C)=C(C(=O)OC)C1c1ccccc1Cl.N[C@@H](CCC(=O)On1ccnc1)C(=O)On1ccnc1. The van der Waals surface area contributed by atoms with E-state index < -0.39 is 35.8 Å². The number of rotatable bonds is 14. The fourth-order valence-corrected chi connectivity index (χ4v) is 4.69. The number of nitrogens with zero attached hydrogens (tertiary/aromatic N) is 4. The van der Waals surface area contributed by atoms with Crippen LogP contribution in [0.3, 0.4) is 0 Å². The minimum absolute atomic E-state index is 0.0155. The molecule has 16 nitrogen and oxygen atoms in total. The maximum atomic E-state index is 12.9. The third kappa shape index (κ3) is 10.5. The third-order valence-corrected chi connectivity index (χ3v) is 6.94. The molecule has 4 rings (SSSR count). The molecule has 48 heavy (non-hydrogen) atoms. The molecule has 3 aromatic rings. The zero-order valence-corrected chi connectivity index (χ0v) is 27.4. The number of nitrogens with one attached hydrogen (secondary N) is 1. The largest absolute Gasteiger partial charge is 0.466 e. The average Bonchev–Trinajstić information content (AvgIpc) is 3.78. The average molecular weight is 688 g/mol. The van der Waals surface area contributed by atoms with Crippen molar-refractivity contribution in [2.24, 2.45) is 11.5 Å². The molecule has 1 unspecified atom stereocenters. The number of esters is 2. The number of aromatic nitrogens is 4. The molecule has 5 N–H and O–H groups in total.